The minimum atomic E-state index is -0.653. The van der Waals surface area contributed by atoms with Gasteiger partial charge < -0.3 is 11.1 Å². The number of thiocarbonyl (C=S) groups is 1. The molecule has 0 radical (unpaired) electrons. The molecule has 3 nitrogen and oxygen atoms in total. The van der Waals surface area contributed by atoms with E-state index in [9.17, 15) is 4.79 Å². The van der Waals surface area contributed by atoms with Crippen LogP contribution in [0.2, 0.25) is 5.02 Å². The SMILES string of the molecule is NC(=S)C1(C(=O)NCc2ccc(Cl)cc2)CCCCC1. The fourth-order valence-corrected chi connectivity index (χ4v) is 3.12. The van der Waals surface area contributed by atoms with Gasteiger partial charge in [0.05, 0.1) is 10.4 Å². The van der Waals surface area contributed by atoms with E-state index in [4.69, 9.17) is 29.6 Å². The predicted molar refractivity (Wildman–Crippen MR) is 85.6 cm³/mol. The Balaban J connectivity index is 2.02. The third-order valence-electron chi connectivity index (χ3n) is 3.98. The number of nitrogens with two attached hydrogens (primary N) is 1. The second-order valence-electron chi connectivity index (χ2n) is 5.32. The average molecular weight is 311 g/mol. The number of carbonyl (C=O) groups excluding carboxylic acids is 1. The lowest BCUT2D eigenvalue weighted by molar-refractivity contribution is -0.129. The number of rotatable bonds is 4. The molecule has 1 aromatic carbocycles. The van der Waals surface area contributed by atoms with Crippen LogP contribution in [0.25, 0.3) is 0 Å². The molecular weight excluding hydrogens is 292 g/mol. The third kappa shape index (κ3) is 3.30. The summed E-state index contributed by atoms with van der Waals surface area (Å²) in [5.74, 6) is -0.0420. The van der Waals surface area contributed by atoms with E-state index >= 15 is 0 Å². The Labute approximate surface area is 129 Å². The fraction of sp³-hybridized carbons (Fsp3) is 0.467. The molecule has 20 heavy (non-hydrogen) atoms. The van der Waals surface area contributed by atoms with E-state index in [-0.39, 0.29) is 5.91 Å². The number of halogens is 1. The molecule has 0 bridgehead atoms. The Morgan fingerprint density at radius 3 is 2.40 bits per heavy atom. The molecule has 0 saturated heterocycles. The first kappa shape index (κ1) is 15.3. The van der Waals surface area contributed by atoms with Gasteiger partial charge >= 0.3 is 0 Å². The van der Waals surface area contributed by atoms with Crippen LogP contribution in [0.1, 0.15) is 37.7 Å². The number of nitrogens with one attached hydrogen (secondary N) is 1. The number of benzene rings is 1. The molecule has 1 saturated carbocycles. The van der Waals surface area contributed by atoms with Crippen molar-refractivity contribution in [3.63, 3.8) is 0 Å². The Morgan fingerprint density at radius 2 is 1.85 bits per heavy atom. The van der Waals surface area contributed by atoms with Gasteiger partial charge in [0.25, 0.3) is 0 Å². The number of carbonyl (C=O) groups is 1. The van der Waals surface area contributed by atoms with Crippen LogP contribution in [0, 0.1) is 5.41 Å². The highest BCUT2D eigenvalue weighted by Crippen LogP contribution is 2.37. The second kappa shape index (κ2) is 6.55. The van der Waals surface area contributed by atoms with E-state index in [1.54, 1.807) is 0 Å². The third-order valence-corrected chi connectivity index (χ3v) is 4.62. The zero-order valence-corrected chi connectivity index (χ0v) is 12.9. The first-order valence-electron chi connectivity index (χ1n) is 6.87. The van der Waals surface area contributed by atoms with E-state index < -0.39 is 5.41 Å². The van der Waals surface area contributed by atoms with Gasteiger partial charge in [0.2, 0.25) is 5.91 Å². The fourth-order valence-electron chi connectivity index (χ4n) is 2.69. The van der Waals surface area contributed by atoms with Gasteiger partial charge in [-0.1, -0.05) is 55.2 Å². The molecule has 0 heterocycles. The molecular formula is C15H19ClN2OS. The molecule has 1 aliphatic carbocycles. The lowest BCUT2D eigenvalue weighted by Gasteiger charge is -2.34. The van der Waals surface area contributed by atoms with Crippen molar-refractivity contribution in [1.29, 1.82) is 0 Å². The van der Waals surface area contributed by atoms with Gasteiger partial charge in [-0.25, -0.2) is 0 Å². The van der Waals surface area contributed by atoms with E-state index in [2.05, 4.69) is 5.32 Å². The van der Waals surface area contributed by atoms with Gasteiger partial charge in [0.1, 0.15) is 0 Å². The van der Waals surface area contributed by atoms with Gasteiger partial charge in [-0.3, -0.25) is 4.79 Å². The highest BCUT2D eigenvalue weighted by molar-refractivity contribution is 7.80. The summed E-state index contributed by atoms with van der Waals surface area (Å²) in [6.45, 7) is 0.473. The Hall–Kier alpha value is -1.13. The quantitative estimate of drug-likeness (QED) is 0.840. The van der Waals surface area contributed by atoms with Crippen LogP contribution in [0.4, 0.5) is 0 Å². The van der Waals surface area contributed by atoms with Crippen molar-refractivity contribution in [3.05, 3.63) is 34.9 Å². The topological polar surface area (TPSA) is 55.1 Å². The zero-order valence-electron chi connectivity index (χ0n) is 11.3. The van der Waals surface area contributed by atoms with Crippen LogP contribution in [0.15, 0.2) is 24.3 Å². The van der Waals surface area contributed by atoms with E-state index in [0.29, 0.717) is 16.6 Å². The molecule has 108 valence electrons. The van der Waals surface area contributed by atoms with Gasteiger partial charge in [0.15, 0.2) is 0 Å². The largest absolute Gasteiger partial charge is 0.392 e. The molecule has 0 unspecified atom stereocenters. The summed E-state index contributed by atoms with van der Waals surface area (Å²) in [4.78, 5) is 12.8. The smallest absolute Gasteiger partial charge is 0.233 e. The maximum atomic E-state index is 12.5. The summed E-state index contributed by atoms with van der Waals surface area (Å²) in [5, 5.41) is 3.65. The predicted octanol–water partition coefficient (Wildman–Crippen LogP) is 3.19. The van der Waals surface area contributed by atoms with Crippen molar-refractivity contribution in [2.24, 2.45) is 11.1 Å². The van der Waals surface area contributed by atoms with Gasteiger partial charge in [0, 0.05) is 11.6 Å². The normalized spacial score (nSPS) is 17.4. The van der Waals surface area contributed by atoms with E-state index in [0.717, 1.165) is 37.7 Å². The maximum Gasteiger partial charge on any atom is 0.233 e. The molecule has 0 atom stereocenters. The lowest BCUT2D eigenvalue weighted by atomic mass is 9.73. The van der Waals surface area contributed by atoms with E-state index in [1.807, 2.05) is 24.3 Å². The summed E-state index contributed by atoms with van der Waals surface area (Å²) in [5.41, 5.74) is 6.20. The zero-order chi connectivity index (χ0) is 14.6. The maximum absolute atomic E-state index is 12.5. The van der Waals surface area contributed by atoms with Crippen LogP contribution in [0.5, 0.6) is 0 Å². The van der Waals surface area contributed by atoms with Crippen molar-refractivity contribution < 1.29 is 4.79 Å². The van der Waals surface area contributed by atoms with Crippen LogP contribution < -0.4 is 11.1 Å². The molecule has 5 heteroatoms. The molecule has 0 aliphatic heterocycles. The Kier molecular flexibility index (Phi) is 5.00. The average Bonchev–Trinajstić information content (AvgIpc) is 2.47. The minimum absolute atomic E-state index is 0.0420. The molecule has 1 amide bonds. The molecule has 3 N–H and O–H groups in total. The summed E-state index contributed by atoms with van der Waals surface area (Å²) in [6, 6.07) is 7.42. The summed E-state index contributed by atoms with van der Waals surface area (Å²) >= 11 is 11.0. The summed E-state index contributed by atoms with van der Waals surface area (Å²) in [7, 11) is 0. The molecule has 1 fully saturated rings. The standard InChI is InChI=1S/C15H19ClN2OS/c16-12-6-4-11(5-7-12)10-18-14(19)15(13(17)20)8-2-1-3-9-15/h4-7H,1-3,8-10H2,(H2,17,20)(H,18,19). The van der Waals surface area contributed by atoms with Crippen molar-refractivity contribution in [3.8, 4) is 0 Å². The van der Waals surface area contributed by atoms with Crippen LogP contribution >= 0.6 is 23.8 Å². The molecule has 2 rings (SSSR count). The van der Waals surface area contributed by atoms with Crippen molar-refractivity contribution >= 4 is 34.7 Å². The van der Waals surface area contributed by atoms with Crippen molar-refractivity contribution in [1.82, 2.24) is 5.32 Å². The first-order valence-corrected chi connectivity index (χ1v) is 7.66. The summed E-state index contributed by atoms with van der Waals surface area (Å²) in [6.07, 6.45) is 4.68. The van der Waals surface area contributed by atoms with Gasteiger partial charge in [-0.05, 0) is 30.5 Å². The second-order valence-corrected chi connectivity index (χ2v) is 6.19. The molecule has 0 spiro atoms. The lowest BCUT2D eigenvalue weighted by Crippen LogP contribution is -2.49. The minimum Gasteiger partial charge on any atom is -0.392 e. The molecule has 0 aromatic heterocycles. The summed E-state index contributed by atoms with van der Waals surface area (Å²) < 4.78 is 0. The van der Waals surface area contributed by atoms with Crippen LogP contribution in [0.3, 0.4) is 0 Å². The van der Waals surface area contributed by atoms with Gasteiger partial charge in [-0.15, -0.1) is 0 Å². The Morgan fingerprint density at radius 1 is 1.25 bits per heavy atom. The first-order chi connectivity index (χ1) is 9.54. The number of hydrogen-bond donors (Lipinski definition) is 2. The van der Waals surface area contributed by atoms with Crippen molar-refractivity contribution in [2.45, 2.75) is 38.6 Å². The van der Waals surface area contributed by atoms with Crippen LogP contribution in [-0.2, 0) is 11.3 Å². The van der Waals surface area contributed by atoms with Crippen LogP contribution in [-0.4, -0.2) is 10.9 Å². The van der Waals surface area contributed by atoms with Gasteiger partial charge in [-0.2, -0.15) is 0 Å². The number of hydrogen-bond acceptors (Lipinski definition) is 2. The molecule has 1 aromatic rings. The molecule has 1 aliphatic rings. The van der Waals surface area contributed by atoms with Crippen molar-refractivity contribution in [2.75, 3.05) is 0 Å². The van der Waals surface area contributed by atoms with E-state index in [1.165, 1.54) is 0 Å². The number of amides is 1. The Bertz CT molecular complexity index is 495. The highest BCUT2D eigenvalue weighted by atomic mass is 35.5. The highest BCUT2D eigenvalue weighted by Gasteiger charge is 2.42. The monoisotopic (exact) mass is 310 g/mol.